The minimum absolute atomic E-state index is 0.306. The lowest BCUT2D eigenvalue weighted by Gasteiger charge is -2.17. The number of aromatic nitrogens is 3. The fourth-order valence-electron chi connectivity index (χ4n) is 2.30. The van der Waals surface area contributed by atoms with Crippen LogP contribution < -0.4 is 5.32 Å². The van der Waals surface area contributed by atoms with E-state index in [1.54, 1.807) is 0 Å². The highest BCUT2D eigenvalue weighted by atomic mass is 15.3. The van der Waals surface area contributed by atoms with Crippen LogP contribution in [0.1, 0.15) is 50.2 Å². The van der Waals surface area contributed by atoms with Gasteiger partial charge < -0.3 is 5.32 Å². The molecule has 0 bridgehead atoms. The Labute approximate surface area is 115 Å². The molecular formula is C15H24N4. The third-order valence-electron chi connectivity index (χ3n) is 3.52. The Morgan fingerprint density at radius 3 is 2.68 bits per heavy atom. The second-order valence-corrected chi connectivity index (χ2v) is 5.71. The molecule has 1 N–H and O–H groups in total. The molecule has 0 amide bonds. The van der Waals surface area contributed by atoms with E-state index in [0.29, 0.717) is 6.04 Å². The third-order valence-corrected chi connectivity index (χ3v) is 3.52. The average Bonchev–Trinajstić information content (AvgIpc) is 2.70. The summed E-state index contributed by atoms with van der Waals surface area (Å²) < 4.78 is 1.94. The molecule has 2 heterocycles. The van der Waals surface area contributed by atoms with Gasteiger partial charge in [0.1, 0.15) is 0 Å². The SMILES string of the molecule is Cc1cc2ncc(C(C)NCCC(C)C)c(C)n2n1. The maximum absolute atomic E-state index is 4.49. The van der Waals surface area contributed by atoms with Crippen molar-refractivity contribution in [2.45, 2.75) is 47.1 Å². The van der Waals surface area contributed by atoms with Gasteiger partial charge in [-0.05, 0) is 39.7 Å². The predicted molar refractivity (Wildman–Crippen MR) is 78.3 cm³/mol. The first-order valence-electron chi connectivity index (χ1n) is 7.04. The van der Waals surface area contributed by atoms with Gasteiger partial charge in [-0.25, -0.2) is 9.50 Å². The lowest BCUT2D eigenvalue weighted by atomic mass is 10.1. The van der Waals surface area contributed by atoms with Crippen molar-refractivity contribution >= 4 is 5.65 Å². The van der Waals surface area contributed by atoms with Crippen LogP contribution in [-0.4, -0.2) is 21.1 Å². The summed E-state index contributed by atoms with van der Waals surface area (Å²) in [5.41, 5.74) is 4.32. The second-order valence-electron chi connectivity index (χ2n) is 5.71. The molecule has 0 aliphatic heterocycles. The van der Waals surface area contributed by atoms with E-state index >= 15 is 0 Å². The van der Waals surface area contributed by atoms with Gasteiger partial charge in [0.2, 0.25) is 0 Å². The van der Waals surface area contributed by atoms with Crippen LogP contribution in [0.25, 0.3) is 5.65 Å². The van der Waals surface area contributed by atoms with Gasteiger partial charge in [0, 0.05) is 29.6 Å². The molecule has 19 heavy (non-hydrogen) atoms. The molecule has 0 aromatic carbocycles. The predicted octanol–water partition coefficient (Wildman–Crippen LogP) is 3.04. The smallest absolute Gasteiger partial charge is 0.155 e. The fourth-order valence-corrected chi connectivity index (χ4v) is 2.30. The molecule has 0 radical (unpaired) electrons. The van der Waals surface area contributed by atoms with E-state index in [0.717, 1.165) is 23.8 Å². The largest absolute Gasteiger partial charge is 0.310 e. The van der Waals surface area contributed by atoms with Crippen LogP contribution in [-0.2, 0) is 0 Å². The zero-order valence-corrected chi connectivity index (χ0v) is 12.6. The summed E-state index contributed by atoms with van der Waals surface area (Å²) in [7, 11) is 0. The number of hydrogen-bond acceptors (Lipinski definition) is 3. The summed E-state index contributed by atoms with van der Waals surface area (Å²) in [5.74, 6) is 0.732. The van der Waals surface area contributed by atoms with Crippen LogP contribution in [0, 0.1) is 19.8 Å². The van der Waals surface area contributed by atoms with Crippen LogP contribution in [0.2, 0.25) is 0 Å². The molecule has 0 aliphatic rings. The van der Waals surface area contributed by atoms with Gasteiger partial charge in [-0.1, -0.05) is 13.8 Å². The summed E-state index contributed by atoms with van der Waals surface area (Å²) in [6.07, 6.45) is 3.17. The number of aryl methyl sites for hydroxylation is 2. The van der Waals surface area contributed by atoms with Gasteiger partial charge in [0.25, 0.3) is 0 Å². The molecule has 0 aliphatic carbocycles. The van der Waals surface area contributed by atoms with Crippen molar-refractivity contribution in [2.24, 2.45) is 5.92 Å². The lowest BCUT2D eigenvalue weighted by molar-refractivity contribution is 0.494. The number of fused-ring (bicyclic) bond motifs is 1. The van der Waals surface area contributed by atoms with Gasteiger partial charge in [0.15, 0.2) is 5.65 Å². The normalized spacial score (nSPS) is 13.4. The van der Waals surface area contributed by atoms with E-state index in [1.807, 2.05) is 23.7 Å². The molecule has 2 rings (SSSR count). The van der Waals surface area contributed by atoms with E-state index < -0.39 is 0 Å². The maximum atomic E-state index is 4.49. The third kappa shape index (κ3) is 3.13. The summed E-state index contributed by atoms with van der Waals surface area (Å²) in [6.45, 7) is 11.8. The average molecular weight is 260 g/mol. The van der Waals surface area contributed by atoms with Crippen molar-refractivity contribution in [1.29, 1.82) is 0 Å². The standard InChI is InChI=1S/C15H24N4/c1-10(2)6-7-16-12(4)14-9-17-15-8-11(3)18-19(15)13(14)5/h8-10,12,16H,6-7H2,1-5H3. The van der Waals surface area contributed by atoms with Crippen molar-refractivity contribution in [1.82, 2.24) is 19.9 Å². The summed E-state index contributed by atoms with van der Waals surface area (Å²) >= 11 is 0. The molecule has 1 unspecified atom stereocenters. The van der Waals surface area contributed by atoms with Crippen molar-refractivity contribution in [3.05, 3.63) is 29.2 Å². The minimum atomic E-state index is 0.306. The zero-order chi connectivity index (χ0) is 14.0. The first-order valence-corrected chi connectivity index (χ1v) is 7.04. The number of nitrogens with zero attached hydrogens (tertiary/aromatic N) is 3. The van der Waals surface area contributed by atoms with Crippen molar-refractivity contribution in [2.75, 3.05) is 6.54 Å². The molecule has 4 nitrogen and oxygen atoms in total. The van der Waals surface area contributed by atoms with Crippen LogP contribution in [0.15, 0.2) is 12.3 Å². The molecule has 0 saturated carbocycles. The molecular weight excluding hydrogens is 236 g/mol. The van der Waals surface area contributed by atoms with Crippen LogP contribution in [0.5, 0.6) is 0 Å². The first-order chi connectivity index (χ1) is 8.99. The Balaban J connectivity index is 2.17. The second kappa shape index (κ2) is 5.70. The highest BCUT2D eigenvalue weighted by Crippen LogP contribution is 2.18. The topological polar surface area (TPSA) is 42.2 Å². The van der Waals surface area contributed by atoms with Gasteiger partial charge in [-0.3, -0.25) is 0 Å². The van der Waals surface area contributed by atoms with Crippen molar-refractivity contribution in [3.8, 4) is 0 Å². The fraction of sp³-hybridized carbons (Fsp3) is 0.600. The summed E-state index contributed by atoms with van der Waals surface area (Å²) in [4.78, 5) is 4.49. The Bertz CT molecular complexity index is 557. The molecule has 0 saturated heterocycles. The van der Waals surface area contributed by atoms with E-state index in [-0.39, 0.29) is 0 Å². The van der Waals surface area contributed by atoms with E-state index in [4.69, 9.17) is 0 Å². The number of nitrogens with one attached hydrogen (secondary N) is 1. The van der Waals surface area contributed by atoms with Crippen LogP contribution in [0.4, 0.5) is 0 Å². The Morgan fingerprint density at radius 1 is 1.26 bits per heavy atom. The number of hydrogen-bond donors (Lipinski definition) is 1. The number of rotatable bonds is 5. The lowest BCUT2D eigenvalue weighted by Crippen LogP contribution is -2.22. The zero-order valence-electron chi connectivity index (χ0n) is 12.6. The van der Waals surface area contributed by atoms with Gasteiger partial charge in [-0.15, -0.1) is 0 Å². The molecule has 4 heteroatoms. The minimum Gasteiger partial charge on any atom is -0.310 e. The van der Waals surface area contributed by atoms with Gasteiger partial charge in [-0.2, -0.15) is 5.10 Å². The first kappa shape index (κ1) is 14.0. The maximum Gasteiger partial charge on any atom is 0.155 e. The van der Waals surface area contributed by atoms with Crippen LogP contribution in [0.3, 0.4) is 0 Å². The Morgan fingerprint density at radius 2 is 2.00 bits per heavy atom. The summed E-state index contributed by atoms with van der Waals surface area (Å²) in [6, 6.07) is 2.31. The highest BCUT2D eigenvalue weighted by molar-refractivity contribution is 5.42. The van der Waals surface area contributed by atoms with E-state index in [2.05, 4.69) is 43.1 Å². The van der Waals surface area contributed by atoms with Crippen molar-refractivity contribution < 1.29 is 0 Å². The molecule has 1 atom stereocenters. The summed E-state index contributed by atoms with van der Waals surface area (Å²) in [5, 5.41) is 8.05. The quantitative estimate of drug-likeness (QED) is 0.898. The van der Waals surface area contributed by atoms with E-state index in [1.165, 1.54) is 17.7 Å². The van der Waals surface area contributed by atoms with Gasteiger partial charge >= 0.3 is 0 Å². The molecule has 2 aromatic heterocycles. The highest BCUT2D eigenvalue weighted by Gasteiger charge is 2.12. The molecule has 0 spiro atoms. The molecule has 2 aromatic rings. The van der Waals surface area contributed by atoms with E-state index in [9.17, 15) is 0 Å². The Hall–Kier alpha value is -1.42. The van der Waals surface area contributed by atoms with Crippen molar-refractivity contribution in [3.63, 3.8) is 0 Å². The monoisotopic (exact) mass is 260 g/mol. The molecule has 0 fully saturated rings. The Kier molecular flexibility index (Phi) is 4.20. The molecule has 104 valence electrons. The van der Waals surface area contributed by atoms with Crippen LogP contribution >= 0.6 is 0 Å². The van der Waals surface area contributed by atoms with Gasteiger partial charge in [0.05, 0.1) is 5.69 Å².